The van der Waals surface area contributed by atoms with Crippen LogP contribution in [0.15, 0.2) is 48.5 Å². The minimum atomic E-state index is -0.496. The van der Waals surface area contributed by atoms with Crippen LogP contribution in [0.25, 0.3) is 0 Å². The summed E-state index contributed by atoms with van der Waals surface area (Å²) in [5.41, 5.74) is 1.32. The fourth-order valence-electron chi connectivity index (χ4n) is 2.21. The number of carbonyl (C=O) groups is 1. The van der Waals surface area contributed by atoms with E-state index in [1.807, 2.05) is 31.3 Å². The molecule has 2 aromatic carbocycles. The molecule has 0 spiro atoms. The third kappa shape index (κ3) is 5.05. The Morgan fingerprint density at radius 2 is 2.00 bits per heavy atom. The molecule has 0 fully saturated rings. The van der Waals surface area contributed by atoms with Crippen LogP contribution in [-0.4, -0.2) is 24.4 Å². The van der Waals surface area contributed by atoms with Crippen LogP contribution >= 0.6 is 11.6 Å². The first-order chi connectivity index (χ1) is 11.0. The van der Waals surface area contributed by atoms with Gasteiger partial charge in [0.25, 0.3) is 11.6 Å². The summed E-state index contributed by atoms with van der Waals surface area (Å²) in [6.07, 6.45) is 0. The topological polar surface area (TPSA) is 76.7 Å². The van der Waals surface area contributed by atoms with E-state index < -0.39 is 4.92 Å². The summed E-state index contributed by atoms with van der Waals surface area (Å²) in [4.78, 5) is 23.2. The van der Waals surface area contributed by atoms with Gasteiger partial charge < -0.3 is 10.2 Å². The molecule has 1 unspecified atom stereocenters. The molecule has 0 bridgehead atoms. The lowest BCUT2D eigenvalue weighted by atomic mass is 10.2. The van der Waals surface area contributed by atoms with E-state index in [0.29, 0.717) is 17.3 Å². The van der Waals surface area contributed by atoms with E-state index in [9.17, 15) is 14.9 Å². The number of non-ortho nitro benzene ring substituents is 1. The van der Waals surface area contributed by atoms with Gasteiger partial charge in [-0.2, -0.15) is 0 Å². The number of quaternary nitrogens is 1. The Morgan fingerprint density at radius 3 is 2.70 bits per heavy atom. The number of likely N-dealkylation sites (N-methyl/N-ethyl adjacent to an activating group) is 1. The number of nitrogens with zero attached hydrogens (tertiary/aromatic N) is 1. The van der Waals surface area contributed by atoms with Crippen LogP contribution in [0.2, 0.25) is 5.02 Å². The summed E-state index contributed by atoms with van der Waals surface area (Å²) in [5, 5.41) is 14.1. The molecule has 120 valence electrons. The number of benzene rings is 2. The van der Waals surface area contributed by atoms with Gasteiger partial charge in [-0.25, -0.2) is 0 Å². The van der Waals surface area contributed by atoms with Gasteiger partial charge in [0.1, 0.15) is 6.54 Å². The first-order valence-corrected chi connectivity index (χ1v) is 7.42. The number of nitro groups is 1. The van der Waals surface area contributed by atoms with E-state index in [1.165, 1.54) is 18.2 Å². The van der Waals surface area contributed by atoms with E-state index in [0.717, 1.165) is 10.5 Å². The second kappa shape index (κ2) is 7.71. The van der Waals surface area contributed by atoms with Crippen LogP contribution in [0.3, 0.4) is 0 Å². The van der Waals surface area contributed by atoms with Crippen LogP contribution in [0.4, 0.5) is 11.4 Å². The smallest absolute Gasteiger partial charge is 0.279 e. The number of rotatable bonds is 6. The summed E-state index contributed by atoms with van der Waals surface area (Å²) in [7, 11) is 1.89. The van der Waals surface area contributed by atoms with Gasteiger partial charge >= 0.3 is 0 Å². The molecule has 0 saturated carbocycles. The molecule has 0 saturated heterocycles. The molecule has 23 heavy (non-hydrogen) atoms. The summed E-state index contributed by atoms with van der Waals surface area (Å²) < 4.78 is 0. The molecule has 2 aromatic rings. The number of halogens is 1. The number of amides is 1. The summed E-state index contributed by atoms with van der Waals surface area (Å²) in [6.45, 7) is 0.843. The maximum absolute atomic E-state index is 12.0. The molecular formula is C16H17ClN3O3+. The number of hydrogen-bond donors (Lipinski definition) is 2. The monoisotopic (exact) mass is 334 g/mol. The highest BCUT2D eigenvalue weighted by molar-refractivity contribution is 6.31. The van der Waals surface area contributed by atoms with Crippen molar-refractivity contribution in [3.63, 3.8) is 0 Å². The molecule has 0 aliphatic rings. The van der Waals surface area contributed by atoms with Crippen molar-refractivity contribution in [1.82, 2.24) is 0 Å². The highest BCUT2D eigenvalue weighted by atomic mass is 35.5. The zero-order valence-electron chi connectivity index (χ0n) is 12.6. The average Bonchev–Trinajstić information content (AvgIpc) is 2.49. The number of nitrogens with one attached hydrogen (secondary N) is 2. The van der Waals surface area contributed by atoms with E-state index >= 15 is 0 Å². The van der Waals surface area contributed by atoms with Crippen molar-refractivity contribution in [2.45, 2.75) is 6.54 Å². The summed E-state index contributed by atoms with van der Waals surface area (Å²) >= 11 is 6.10. The van der Waals surface area contributed by atoms with Crippen molar-refractivity contribution < 1.29 is 14.6 Å². The molecule has 2 N–H and O–H groups in total. The zero-order valence-corrected chi connectivity index (χ0v) is 13.3. The van der Waals surface area contributed by atoms with Crippen LogP contribution in [0.1, 0.15) is 5.56 Å². The SMILES string of the molecule is C[NH+](CC(=O)Nc1cccc([N+](=O)[O-])c1)Cc1ccccc1Cl. The predicted molar refractivity (Wildman–Crippen MR) is 88.6 cm³/mol. The quantitative estimate of drug-likeness (QED) is 0.625. The van der Waals surface area contributed by atoms with Gasteiger partial charge in [0.05, 0.1) is 12.0 Å². The van der Waals surface area contributed by atoms with Gasteiger partial charge in [0.2, 0.25) is 0 Å². The Morgan fingerprint density at radius 1 is 1.26 bits per heavy atom. The maximum Gasteiger partial charge on any atom is 0.279 e. The fourth-order valence-corrected chi connectivity index (χ4v) is 2.41. The van der Waals surface area contributed by atoms with Crippen molar-refractivity contribution in [3.8, 4) is 0 Å². The molecule has 0 heterocycles. The lowest BCUT2D eigenvalue weighted by molar-refractivity contribution is -0.885. The highest BCUT2D eigenvalue weighted by Crippen LogP contribution is 2.16. The molecule has 0 aliphatic carbocycles. The van der Waals surface area contributed by atoms with Crippen LogP contribution in [0, 0.1) is 10.1 Å². The third-order valence-corrected chi connectivity index (χ3v) is 3.62. The molecule has 0 aliphatic heterocycles. The average molecular weight is 335 g/mol. The number of anilines is 1. The van der Waals surface area contributed by atoms with Gasteiger partial charge in [-0.15, -0.1) is 0 Å². The molecule has 7 heteroatoms. The molecular weight excluding hydrogens is 318 g/mol. The molecule has 0 radical (unpaired) electrons. The lowest BCUT2D eigenvalue weighted by Crippen LogP contribution is -3.08. The van der Waals surface area contributed by atoms with E-state index in [2.05, 4.69) is 5.32 Å². The summed E-state index contributed by atoms with van der Waals surface area (Å²) in [6, 6.07) is 13.4. The normalized spacial score (nSPS) is 11.7. The minimum absolute atomic E-state index is 0.0560. The Hall–Kier alpha value is -2.44. The highest BCUT2D eigenvalue weighted by Gasteiger charge is 2.13. The van der Waals surface area contributed by atoms with Crippen LogP contribution < -0.4 is 10.2 Å². The van der Waals surface area contributed by atoms with Crippen molar-refractivity contribution in [2.75, 3.05) is 18.9 Å². The number of carbonyl (C=O) groups excluding carboxylic acids is 1. The van der Waals surface area contributed by atoms with Crippen molar-refractivity contribution in [1.29, 1.82) is 0 Å². The van der Waals surface area contributed by atoms with Gasteiger partial charge in [-0.05, 0) is 12.1 Å². The number of hydrogen-bond acceptors (Lipinski definition) is 3. The second-order valence-corrected chi connectivity index (χ2v) is 5.66. The Labute approximate surface area is 138 Å². The van der Waals surface area contributed by atoms with Crippen molar-refractivity contribution >= 4 is 28.9 Å². The van der Waals surface area contributed by atoms with E-state index in [1.54, 1.807) is 6.07 Å². The van der Waals surface area contributed by atoms with E-state index in [-0.39, 0.29) is 18.1 Å². The Balaban J connectivity index is 1.93. The molecule has 2 rings (SSSR count). The first kappa shape index (κ1) is 16.9. The Kier molecular flexibility index (Phi) is 5.67. The van der Waals surface area contributed by atoms with Crippen molar-refractivity contribution in [2.24, 2.45) is 0 Å². The van der Waals surface area contributed by atoms with Gasteiger partial charge in [-0.1, -0.05) is 35.9 Å². The maximum atomic E-state index is 12.0. The molecule has 6 nitrogen and oxygen atoms in total. The third-order valence-electron chi connectivity index (χ3n) is 3.25. The largest absolute Gasteiger partial charge is 0.326 e. The lowest BCUT2D eigenvalue weighted by Gasteiger charge is -2.14. The number of nitro benzene ring substituents is 1. The predicted octanol–water partition coefficient (Wildman–Crippen LogP) is 1.90. The Bertz CT molecular complexity index is 721. The second-order valence-electron chi connectivity index (χ2n) is 5.26. The van der Waals surface area contributed by atoms with E-state index in [4.69, 9.17) is 11.6 Å². The standard InChI is InChI=1S/C16H16ClN3O3/c1-19(10-12-5-2-3-8-15(12)17)11-16(21)18-13-6-4-7-14(9-13)20(22)23/h2-9H,10-11H2,1H3,(H,18,21)/p+1. The first-order valence-electron chi connectivity index (χ1n) is 7.04. The van der Waals surface area contributed by atoms with Crippen molar-refractivity contribution in [3.05, 3.63) is 69.2 Å². The molecule has 0 aromatic heterocycles. The molecule has 1 amide bonds. The van der Waals surface area contributed by atoms with Crippen LogP contribution in [0.5, 0.6) is 0 Å². The van der Waals surface area contributed by atoms with Gasteiger partial charge in [-0.3, -0.25) is 14.9 Å². The molecule has 1 atom stereocenters. The van der Waals surface area contributed by atoms with Crippen LogP contribution in [-0.2, 0) is 11.3 Å². The fraction of sp³-hybridized carbons (Fsp3) is 0.188. The van der Waals surface area contributed by atoms with Gasteiger partial charge in [0.15, 0.2) is 6.54 Å². The minimum Gasteiger partial charge on any atom is -0.326 e. The zero-order chi connectivity index (χ0) is 16.8. The van der Waals surface area contributed by atoms with Gasteiger partial charge in [0, 0.05) is 28.4 Å². The summed E-state index contributed by atoms with van der Waals surface area (Å²) in [5.74, 6) is -0.213.